The Morgan fingerprint density at radius 1 is 0.873 bits per heavy atom. The molecule has 0 amide bonds. The third-order valence-corrected chi connectivity index (χ3v) is 10.6. The molecular weight excluding hydrogens is 667 g/mol. The number of hydrogen-bond donors (Lipinski definition) is 1. The quantitative estimate of drug-likeness (QED) is 0.0834. The SMILES string of the molecule is C=C(/C(=N\CC/C=C\C=C/C)c1ccc(-c2ccc(C3=CCNC4=C3C=CC3C=CC=NC43)c3ccccc23)cc1)c1ccccc1CC(C)/C=C\C=C/C. The third kappa shape index (κ3) is 8.37. The molecule has 7 rings (SSSR count). The van der Waals surface area contributed by atoms with E-state index >= 15 is 0 Å². The topological polar surface area (TPSA) is 36.8 Å². The molecule has 3 atom stereocenters. The van der Waals surface area contributed by atoms with Gasteiger partial charge in [0, 0.05) is 47.6 Å². The van der Waals surface area contributed by atoms with Crippen LogP contribution in [-0.2, 0) is 6.42 Å². The van der Waals surface area contributed by atoms with Crippen LogP contribution in [0.2, 0.25) is 0 Å². The monoisotopic (exact) mass is 717 g/mol. The predicted molar refractivity (Wildman–Crippen MR) is 239 cm³/mol. The van der Waals surface area contributed by atoms with Crippen LogP contribution in [0.1, 0.15) is 49.4 Å². The number of hydrogen-bond acceptors (Lipinski definition) is 3. The first-order valence-electron chi connectivity index (χ1n) is 19.7. The van der Waals surface area contributed by atoms with Gasteiger partial charge in [-0.1, -0.05) is 171 Å². The zero-order valence-electron chi connectivity index (χ0n) is 32.3. The molecule has 55 heavy (non-hydrogen) atoms. The molecule has 1 aliphatic carbocycles. The molecule has 3 aliphatic rings. The Morgan fingerprint density at radius 2 is 1.62 bits per heavy atom. The van der Waals surface area contributed by atoms with Gasteiger partial charge >= 0.3 is 0 Å². The lowest BCUT2D eigenvalue weighted by Gasteiger charge is -2.33. The van der Waals surface area contributed by atoms with Crippen molar-refractivity contribution in [1.29, 1.82) is 0 Å². The van der Waals surface area contributed by atoms with Gasteiger partial charge in [-0.05, 0) is 82.8 Å². The molecule has 1 N–H and O–H groups in total. The van der Waals surface area contributed by atoms with Crippen LogP contribution in [0, 0.1) is 11.8 Å². The number of nitrogens with zero attached hydrogens (tertiary/aromatic N) is 2. The molecule has 0 bridgehead atoms. The van der Waals surface area contributed by atoms with E-state index in [1.165, 1.54) is 49.9 Å². The molecule has 4 aromatic carbocycles. The first-order valence-corrected chi connectivity index (χ1v) is 19.7. The lowest BCUT2D eigenvalue weighted by molar-refractivity contribution is 0.597. The van der Waals surface area contributed by atoms with Gasteiger partial charge < -0.3 is 5.32 Å². The Bertz CT molecular complexity index is 2350. The van der Waals surface area contributed by atoms with E-state index in [0.717, 1.165) is 41.8 Å². The van der Waals surface area contributed by atoms with Crippen LogP contribution < -0.4 is 5.32 Å². The van der Waals surface area contributed by atoms with Crippen LogP contribution in [0.3, 0.4) is 0 Å². The first kappa shape index (κ1) is 37.3. The molecule has 0 fully saturated rings. The van der Waals surface area contributed by atoms with E-state index in [0.29, 0.717) is 18.4 Å². The molecule has 0 radical (unpaired) electrons. The highest BCUT2D eigenvalue weighted by molar-refractivity contribution is 6.31. The molecule has 0 saturated heterocycles. The van der Waals surface area contributed by atoms with Gasteiger partial charge in [-0.2, -0.15) is 0 Å². The second-order valence-corrected chi connectivity index (χ2v) is 14.4. The molecule has 0 aromatic heterocycles. The van der Waals surface area contributed by atoms with Gasteiger partial charge in [-0.15, -0.1) is 0 Å². The van der Waals surface area contributed by atoms with Crippen LogP contribution in [0.5, 0.6) is 0 Å². The number of rotatable bonds is 13. The second kappa shape index (κ2) is 17.8. The van der Waals surface area contributed by atoms with Crippen molar-refractivity contribution in [3.05, 3.63) is 204 Å². The maximum Gasteiger partial charge on any atom is 0.0997 e. The summed E-state index contributed by atoms with van der Waals surface area (Å²) in [6.07, 6.45) is 31.8. The molecule has 4 aromatic rings. The summed E-state index contributed by atoms with van der Waals surface area (Å²) < 4.78 is 0. The van der Waals surface area contributed by atoms with Crippen molar-refractivity contribution >= 4 is 33.8 Å². The molecule has 274 valence electrons. The van der Waals surface area contributed by atoms with Crippen molar-refractivity contribution in [3.63, 3.8) is 0 Å². The van der Waals surface area contributed by atoms with E-state index < -0.39 is 0 Å². The van der Waals surface area contributed by atoms with Gasteiger partial charge in [0.15, 0.2) is 0 Å². The number of allylic oxidation sites excluding steroid dienone is 12. The maximum atomic E-state index is 5.21. The molecule has 3 unspecified atom stereocenters. The second-order valence-electron chi connectivity index (χ2n) is 14.4. The normalized spacial score (nSPS) is 18.7. The Morgan fingerprint density at radius 3 is 2.44 bits per heavy atom. The maximum absolute atomic E-state index is 5.21. The van der Waals surface area contributed by atoms with E-state index in [1.54, 1.807) is 0 Å². The van der Waals surface area contributed by atoms with Crippen LogP contribution in [-0.4, -0.2) is 31.1 Å². The highest BCUT2D eigenvalue weighted by atomic mass is 15.0. The van der Waals surface area contributed by atoms with Gasteiger partial charge in [0.1, 0.15) is 0 Å². The average Bonchev–Trinajstić information content (AvgIpc) is 3.23. The number of nitrogens with one attached hydrogen (secondary N) is 1. The fraction of sp³-hybridized carbons (Fsp3) is 0.192. The Kier molecular flexibility index (Phi) is 12.1. The molecule has 0 saturated carbocycles. The standard InChI is InChI=1S/C52H51N3/c1-5-7-9-10-16-33-53-50(38(4)43-21-13-12-19-42(43)36-37(3)18-11-8-6-2)41-26-24-39(25-27-41)44-30-31-47(46-23-15-14-22-45(44)46)48-32-35-55-52-49(48)29-28-40-20-17-34-54-51(40)52/h5-15,17-32,34,37,40,51,55H,4,16,33,35-36H2,1-3H3/b7-5-,8-6-,10-9-,18-11-,53-50+. The summed E-state index contributed by atoms with van der Waals surface area (Å²) >= 11 is 0. The zero-order valence-corrected chi connectivity index (χ0v) is 32.3. The predicted octanol–water partition coefficient (Wildman–Crippen LogP) is 12.3. The summed E-state index contributed by atoms with van der Waals surface area (Å²) in [7, 11) is 0. The summed E-state index contributed by atoms with van der Waals surface area (Å²) in [5, 5.41) is 6.15. The zero-order chi connectivity index (χ0) is 38.0. The van der Waals surface area contributed by atoms with E-state index in [-0.39, 0.29) is 6.04 Å². The van der Waals surface area contributed by atoms with Crippen molar-refractivity contribution in [2.75, 3.05) is 13.1 Å². The van der Waals surface area contributed by atoms with E-state index in [2.05, 4.69) is 177 Å². The van der Waals surface area contributed by atoms with E-state index in [9.17, 15) is 0 Å². The van der Waals surface area contributed by atoms with Gasteiger partial charge in [-0.3, -0.25) is 9.98 Å². The fourth-order valence-corrected chi connectivity index (χ4v) is 7.87. The lowest BCUT2D eigenvalue weighted by Crippen LogP contribution is -2.34. The molecule has 3 heteroatoms. The average molecular weight is 718 g/mol. The molecule has 0 spiro atoms. The molecular formula is C52H51N3. The first-order chi connectivity index (χ1) is 27.1. The van der Waals surface area contributed by atoms with Gasteiger partial charge in [0.2, 0.25) is 0 Å². The minimum absolute atomic E-state index is 0.111. The Labute approximate surface area is 327 Å². The largest absolute Gasteiger partial charge is 0.383 e. The Balaban J connectivity index is 1.21. The van der Waals surface area contributed by atoms with Crippen molar-refractivity contribution in [1.82, 2.24) is 5.32 Å². The van der Waals surface area contributed by atoms with Gasteiger partial charge in [-0.25, -0.2) is 0 Å². The van der Waals surface area contributed by atoms with Crippen molar-refractivity contribution in [2.24, 2.45) is 21.8 Å². The molecule has 2 aliphatic heterocycles. The van der Waals surface area contributed by atoms with Gasteiger partial charge in [0.25, 0.3) is 0 Å². The highest BCUT2D eigenvalue weighted by Crippen LogP contribution is 2.41. The number of benzene rings is 4. The van der Waals surface area contributed by atoms with Crippen LogP contribution >= 0.6 is 0 Å². The van der Waals surface area contributed by atoms with Gasteiger partial charge in [0.05, 0.1) is 11.8 Å². The minimum atomic E-state index is 0.111. The summed E-state index contributed by atoms with van der Waals surface area (Å²) in [6.45, 7) is 12.5. The number of fused-ring (bicyclic) bond motifs is 3. The minimum Gasteiger partial charge on any atom is -0.383 e. The summed E-state index contributed by atoms with van der Waals surface area (Å²) in [5.74, 6) is 0.692. The highest BCUT2D eigenvalue weighted by Gasteiger charge is 2.31. The lowest BCUT2D eigenvalue weighted by atomic mass is 9.80. The smallest absolute Gasteiger partial charge is 0.0997 e. The summed E-state index contributed by atoms with van der Waals surface area (Å²) in [5.41, 5.74) is 12.8. The van der Waals surface area contributed by atoms with Crippen molar-refractivity contribution < 1.29 is 0 Å². The van der Waals surface area contributed by atoms with Crippen molar-refractivity contribution in [3.8, 4) is 11.1 Å². The summed E-state index contributed by atoms with van der Waals surface area (Å²) in [6, 6.07) is 31.1. The fourth-order valence-electron chi connectivity index (χ4n) is 7.87. The Hall–Kier alpha value is -6.06. The van der Waals surface area contributed by atoms with E-state index in [1.807, 2.05) is 26.1 Å². The van der Waals surface area contributed by atoms with Crippen molar-refractivity contribution in [2.45, 2.75) is 39.7 Å². The van der Waals surface area contributed by atoms with Crippen LogP contribution in [0.25, 0.3) is 33.0 Å². The summed E-state index contributed by atoms with van der Waals surface area (Å²) in [4.78, 5) is 10.1. The third-order valence-electron chi connectivity index (χ3n) is 10.6. The van der Waals surface area contributed by atoms with Crippen LogP contribution in [0.4, 0.5) is 0 Å². The number of dihydropyridines is 2. The van der Waals surface area contributed by atoms with E-state index in [4.69, 9.17) is 9.98 Å². The molecule has 2 heterocycles. The molecule has 3 nitrogen and oxygen atoms in total. The van der Waals surface area contributed by atoms with Crippen LogP contribution in [0.15, 0.2) is 192 Å². The number of aliphatic imine (C=N–C) groups is 2.